The molecule has 1 aromatic carbocycles. The third kappa shape index (κ3) is 3.77. The molecule has 7 nitrogen and oxygen atoms in total. The van der Waals surface area contributed by atoms with Crippen molar-refractivity contribution in [2.45, 2.75) is 27.7 Å². The smallest absolute Gasteiger partial charge is 0.225 e. The Balaban J connectivity index is 1.47. The van der Waals surface area contributed by atoms with Crippen LogP contribution in [0.4, 0.5) is 11.8 Å². The standard InChI is InChI=1S/C24H26ClN7/c1-15-13-16(2)28-24(27-15)31-11-9-30(10-12-31)21-14-17(3)26-23-22(18(4)29-32(21)23)19-5-7-20(25)8-6-19/h5-8,13-14H,9-12H2,1-4H3. The molecule has 32 heavy (non-hydrogen) atoms. The second-order valence-electron chi connectivity index (χ2n) is 8.38. The van der Waals surface area contributed by atoms with Gasteiger partial charge < -0.3 is 9.80 Å². The van der Waals surface area contributed by atoms with Gasteiger partial charge >= 0.3 is 0 Å². The molecular weight excluding hydrogens is 422 g/mol. The van der Waals surface area contributed by atoms with Gasteiger partial charge in [-0.2, -0.15) is 9.61 Å². The first-order chi connectivity index (χ1) is 15.4. The predicted molar refractivity (Wildman–Crippen MR) is 129 cm³/mol. The van der Waals surface area contributed by atoms with E-state index >= 15 is 0 Å². The molecule has 1 fully saturated rings. The molecule has 0 saturated carbocycles. The van der Waals surface area contributed by atoms with E-state index in [-0.39, 0.29) is 0 Å². The molecule has 5 rings (SSSR count). The summed E-state index contributed by atoms with van der Waals surface area (Å²) in [4.78, 5) is 18.7. The van der Waals surface area contributed by atoms with Crippen LogP contribution >= 0.6 is 11.6 Å². The van der Waals surface area contributed by atoms with Gasteiger partial charge in [-0.15, -0.1) is 0 Å². The van der Waals surface area contributed by atoms with Crippen LogP contribution in [0.3, 0.4) is 0 Å². The molecule has 0 aliphatic carbocycles. The number of aryl methyl sites for hydroxylation is 4. The fraction of sp³-hybridized carbons (Fsp3) is 0.333. The van der Waals surface area contributed by atoms with E-state index < -0.39 is 0 Å². The van der Waals surface area contributed by atoms with Crippen molar-refractivity contribution in [3.05, 3.63) is 64.2 Å². The molecule has 164 valence electrons. The molecule has 1 aliphatic rings. The van der Waals surface area contributed by atoms with Gasteiger partial charge in [0.25, 0.3) is 0 Å². The highest BCUT2D eigenvalue weighted by atomic mass is 35.5. The van der Waals surface area contributed by atoms with Crippen LogP contribution in [0.5, 0.6) is 0 Å². The van der Waals surface area contributed by atoms with E-state index in [1.54, 1.807) is 0 Å². The molecule has 0 N–H and O–H groups in total. The zero-order valence-electron chi connectivity index (χ0n) is 18.8. The van der Waals surface area contributed by atoms with Crippen LogP contribution in [0.15, 0.2) is 36.4 Å². The van der Waals surface area contributed by atoms with Gasteiger partial charge in [-0.05, 0) is 51.5 Å². The van der Waals surface area contributed by atoms with Crippen LogP contribution in [0.2, 0.25) is 5.02 Å². The molecule has 0 amide bonds. The third-order valence-corrected chi connectivity index (χ3v) is 6.12. The first kappa shape index (κ1) is 20.7. The molecule has 1 aliphatic heterocycles. The van der Waals surface area contributed by atoms with Crippen LogP contribution in [-0.2, 0) is 0 Å². The largest absolute Gasteiger partial charge is 0.353 e. The van der Waals surface area contributed by atoms with E-state index in [4.69, 9.17) is 21.7 Å². The number of benzene rings is 1. The summed E-state index contributed by atoms with van der Waals surface area (Å²) < 4.78 is 1.98. The van der Waals surface area contributed by atoms with E-state index in [2.05, 4.69) is 25.8 Å². The summed E-state index contributed by atoms with van der Waals surface area (Å²) in [5.41, 5.74) is 6.93. The summed E-state index contributed by atoms with van der Waals surface area (Å²) >= 11 is 6.10. The Bertz CT molecular complexity index is 1270. The van der Waals surface area contributed by atoms with Gasteiger partial charge in [-0.25, -0.2) is 15.0 Å². The third-order valence-electron chi connectivity index (χ3n) is 5.86. The molecule has 0 atom stereocenters. The molecule has 0 bridgehead atoms. The van der Waals surface area contributed by atoms with Crippen LogP contribution < -0.4 is 9.80 Å². The van der Waals surface area contributed by atoms with Gasteiger partial charge in [0.05, 0.1) is 5.69 Å². The normalized spacial score (nSPS) is 14.4. The lowest BCUT2D eigenvalue weighted by atomic mass is 10.1. The number of nitrogens with zero attached hydrogens (tertiary/aromatic N) is 7. The van der Waals surface area contributed by atoms with E-state index in [0.29, 0.717) is 0 Å². The first-order valence-electron chi connectivity index (χ1n) is 10.8. The fourth-order valence-electron chi connectivity index (χ4n) is 4.39. The van der Waals surface area contributed by atoms with Crippen molar-refractivity contribution in [1.29, 1.82) is 0 Å². The maximum absolute atomic E-state index is 6.10. The van der Waals surface area contributed by atoms with Crippen molar-refractivity contribution in [2.24, 2.45) is 0 Å². The number of hydrogen-bond donors (Lipinski definition) is 0. The Morgan fingerprint density at radius 1 is 0.750 bits per heavy atom. The quantitative estimate of drug-likeness (QED) is 0.464. The van der Waals surface area contributed by atoms with Crippen molar-refractivity contribution in [3.8, 4) is 11.1 Å². The van der Waals surface area contributed by atoms with Gasteiger partial charge in [-0.1, -0.05) is 23.7 Å². The highest BCUT2D eigenvalue weighted by molar-refractivity contribution is 6.30. The highest BCUT2D eigenvalue weighted by Gasteiger charge is 2.24. The summed E-state index contributed by atoms with van der Waals surface area (Å²) in [6.45, 7) is 11.6. The summed E-state index contributed by atoms with van der Waals surface area (Å²) in [6, 6.07) is 12.0. The fourth-order valence-corrected chi connectivity index (χ4v) is 4.52. The average molecular weight is 448 g/mol. The lowest BCUT2D eigenvalue weighted by molar-refractivity contribution is 0.625. The molecule has 3 aromatic heterocycles. The van der Waals surface area contributed by atoms with Crippen LogP contribution in [0, 0.1) is 27.7 Å². The van der Waals surface area contributed by atoms with E-state index in [1.807, 2.05) is 62.5 Å². The number of fused-ring (bicyclic) bond motifs is 1. The van der Waals surface area contributed by atoms with E-state index in [1.165, 1.54) is 0 Å². The topological polar surface area (TPSA) is 62.5 Å². The minimum absolute atomic E-state index is 0.721. The van der Waals surface area contributed by atoms with E-state index in [9.17, 15) is 0 Å². The zero-order chi connectivity index (χ0) is 22.4. The van der Waals surface area contributed by atoms with E-state index in [0.717, 1.165) is 82.5 Å². The monoisotopic (exact) mass is 447 g/mol. The second-order valence-corrected chi connectivity index (χ2v) is 8.82. The number of piperazine rings is 1. The van der Waals surface area contributed by atoms with Gasteiger partial charge in [0.1, 0.15) is 5.82 Å². The van der Waals surface area contributed by atoms with Gasteiger partial charge in [0, 0.05) is 59.9 Å². The molecule has 1 saturated heterocycles. The Morgan fingerprint density at radius 2 is 1.34 bits per heavy atom. The number of halogens is 1. The van der Waals surface area contributed by atoms with Crippen LogP contribution in [0.25, 0.3) is 16.8 Å². The van der Waals surface area contributed by atoms with Gasteiger partial charge in [-0.3, -0.25) is 0 Å². The number of hydrogen-bond acceptors (Lipinski definition) is 6. The first-order valence-corrected chi connectivity index (χ1v) is 11.2. The zero-order valence-corrected chi connectivity index (χ0v) is 19.6. The van der Waals surface area contributed by atoms with Crippen molar-refractivity contribution >= 4 is 29.0 Å². The van der Waals surface area contributed by atoms with Crippen molar-refractivity contribution in [1.82, 2.24) is 24.6 Å². The summed E-state index contributed by atoms with van der Waals surface area (Å²) in [5, 5.41) is 5.59. The minimum Gasteiger partial charge on any atom is -0.353 e. The Morgan fingerprint density at radius 3 is 2.00 bits per heavy atom. The molecular formula is C24H26ClN7. The number of rotatable bonds is 3. The summed E-state index contributed by atoms with van der Waals surface area (Å²) in [7, 11) is 0. The van der Waals surface area contributed by atoms with Crippen molar-refractivity contribution in [2.75, 3.05) is 36.0 Å². The maximum atomic E-state index is 6.10. The van der Waals surface area contributed by atoms with Gasteiger partial charge in [0.2, 0.25) is 5.95 Å². The number of aromatic nitrogens is 5. The maximum Gasteiger partial charge on any atom is 0.225 e. The Hall–Kier alpha value is -3.19. The van der Waals surface area contributed by atoms with Gasteiger partial charge in [0.15, 0.2) is 5.65 Å². The molecule has 4 heterocycles. The highest BCUT2D eigenvalue weighted by Crippen LogP contribution is 2.31. The second kappa shape index (κ2) is 8.06. The molecule has 0 spiro atoms. The van der Waals surface area contributed by atoms with Crippen molar-refractivity contribution in [3.63, 3.8) is 0 Å². The minimum atomic E-state index is 0.721. The SMILES string of the molecule is Cc1cc(C)nc(N2CCN(c3cc(C)nc4c(-c5ccc(Cl)cc5)c(C)nn34)CC2)n1. The molecule has 0 unspecified atom stereocenters. The van der Waals surface area contributed by atoms with Crippen LogP contribution in [-0.4, -0.2) is 50.7 Å². The summed E-state index contributed by atoms with van der Waals surface area (Å²) in [6.07, 6.45) is 0. The predicted octanol–water partition coefficient (Wildman–Crippen LogP) is 4.40. The Labute approximate surface area is 192 Å². The molecule has 4 aromatic rings. The molecule has 0 radical (unpaired) electrons. The molecule has 8 heteroatoms. The van der Waals surface area contributed by atoms with Crippen LogP contribution in [0.1, 0.15) is 22.8 Å². The lowest BCUT2D eigenvalue weighted by Crippen LogP contribution is -2.47. The Kier molecular flexibility index (Phi) is 5.21. The lowest BCUT2D eigenvalue weighted by Gasteiger charge is -2.36. The van der Waals surface area contributed by atoms with Crippen molar-refractivity contribution < 1.29 is 0 Å². The number of anilines is 2. The summed E-state index contributed by atoms with van der Waals surface area (Å²) in [5.74, 6) is 1.88. The average Bonchev–Trinajstić information content (AvgIpc) is 3.09.